The molecule has 7 heteroatoms. The summed E-state index contributed by atoms with van der Waals surface area (Å²) in [5.41, 5.74) is 2.24. The number of nitrogens with zero attached hydrogens (tertiary/aromatic N) is 2. The van der Waals surface area contributed by atoms with E-state index in [0.717, 1.165) is 30.9 Å². The maximum absolute atomic E-state index is 13.5. The van der Waals surface area contributed by atoms with Crippen molar-refractivity contribution in [3.05, 3.63) is 54.1 Å². The average Bonchev–Trinajstić information content (AvgIpc) is 2.68. The maximum atomic E-state index is 13.5. The molecule has 0 aromatic heterocycles. The number of carbonyl (C=O) groups is 1. The Morgan fingerprint density at radius 2 is 1.76 bits per heavy atom. The van der Waals surface area contributed by atoms with Gasteiger partial charge in [-0.1, -0.05) is 0 Å². The smallest absolute Gasteiger partial charge is 0.243 e. The Hall–Kier alpha value is -2.67. The first-order valence-corrected chi connectivity index (χ1v) is 9.86. The number of hydrogen-bond acceptors (Lipinski definition) is 4. The van der Waals surface area contributed by atoms with Crippen molar-refractivity contribution in [3.8, 4) is 0 Å². The number of hydrogen-bond donors (Lipinski definition) is 1. The van der Waals surface area contributed by atoms with Gasteiger partial charge < -0.3 is 19.9 Å². The van der Waals surface area contributed by atoms with E-state index >= 15 is 0 Å². The predicted molar refractivity (Wildman–Crippen MR) is 112 cm³/mol. The molecule has 29 heavy (non-hydrogen) atoms. The van der Waals surface area contributed by atoms with E-state index in [1.165, 1.54) is 6.07 Å². The van der Waals surface area contributed by atoms with Crippen LogP contribution in [0.4, 0.5) is 25.8 Å². The largest absolute Gasteiger partial charge is 0.372 e. The van der Waals surface area contributed by atoms with Crippen LogP contribution in [0.2, 0.25) is 0 Å². The third-order valence-electron chi connectivity index (χ3n) is 4.92. The minimum absolute atomic E-state index is 0.0435. The van der Waals surface area contributed by atoms with E-state index in [1.807, 2.05) is 31.2 Å². The molecule has 2 aromatic carbocycles. The summed E-state index contributed by atoms with van der Waals surface area (Å²) in [7, 11) is 0. The van der Waals surface area contributed by atoms with Crippen molar-refractivity contribution in [2.75, 3.05) is 41.3 Å². The first-order valence-electron chi connectivity index (χ1n) is 9.86. The standard InChI is InChI=1S/C22H27F2N3O2/c1-4-26(19-9-10-20(23)21(24)11-19)14-22(28)25-17-5-7-18(8-6-17)27-12-15(2)29-16(3)13-27/h5-11,15-16H,4,12-14H2,1-3H3,(H,25,28). The summed E-state index contributed by atoms with van der Waals surface area (Å²) in [6, 6.07) is 11.3. The van der Waals surface area contributed by atoms with Gasteiger partial charge >= 0.3 is 0 Å². The van der Waals surface area contributed by atoms with Gasteiger partial charge in [0.15, 0.2) is 11.6 Å². The molecule has 0 radical (unpaired) electrons. The number of carbonyl (C=O) groups excluding carboxylic acids is 1. The van der Waals surface area contributed by atoms with Crippen LogP contribution in [0, 0.1) is 11.6 Å². The van der Waals surface area contributed by atoms with E-state index in [9.17, 15) is 13.6 Å². The van der Waals surface area contributed by atoms with Gasteiger partial charge in [0.2, 0.25) is 5.91 Å². The minimum atomic E-state index is -0.927. The summed E-state index contributed by atoms with van der Waals surface area (Å²) in [4.78, 5) is 16.4. The lowest BCUT2D eigenvalue weighted by Gasteiger charge is -2.36. The summed E-state index contributed by atoms with van der Waals surface area (Å²) in [5.74, 6) is -2.06. The van der Waals surface area contributed by atoms with Crippen LogP contribution in [0.15, 0.2) is 42.5 Å². The zero-order valence-electron chi connectivity index (χ0n) is 17.0. The highest BCUT2D eigenvalue weighted by Crippen LogP contribution is 2.23. The van der Waals surface area contributed by atoms with Crippen LogP contribution >= 0.6 is 0 Å². The van der Waals surface area contributed by atoms with Gasteiger partial charge in [-0.3, -0.25) is 4.79 Å². The Morgan fingerprint density at radius 1 is 1.10 bits per heavy atom. The fourth-order valence-corrected chi connectivity index (χ4v) is 3.59. The number of ether oxygens (including phenoxy) is 1. The fourth-order valence-electron chi connectivity index (χ4n) is 3.59. The lowest BCUT2D eigenvalue weighted by atomic mass is 10.2. The molecule has 1 aliphatic rings. The molecule has 1 heterocycles. The highest BCUT2D eigenvalue weighted by molar-refractivity contribution is 5.94. The molecule has 1 fully saturated rings. The number of morpholine rings is 1. The monoisotopic (exact) mass is 403 g/mol. The molecule has 1 amide bonds. The maximum Gasteiger partial charge on any atom is 0.243 e. The molecular formula is C22H27F2N3O2. The van der Waals surface area contributed by atoms with Crippen LogP contribution in [0.5, 0.6) is 0 Å². The van der Waals surface area contributed by atoms with Gasteiger partial charge in [0, 0.05) is 42.8 Å². The van der Waals surface area contributed by atoms with Gasteiger partial charge in [-0.25, -0.2) is 8.78 Å². The Bertz CT molecular complexity index is 834. The molecule has 0 bridgehead atoms. The van der Waals surface area contributed by atoms with Crippen molar-refractivity contribution in [1.29, 1.82) is 0 Å². The number of rotatable bonds is 6. The van der Waals surface area contributed by atoms with Crippen LogP contribution < -0.4 is 15.1 Å². The molecule has 1 saturated heterocycles. The first-order chi connectivity index (χ1) is 13.9. The highest BCUT2D eigenvalue weighted by Gasteiger charge is 2.22. The lowest BCUT2D eigenvalue weighted by molar-refractivity contribution is -0.115. The van der Waals surface area contributed by atoms with E-state index in [2.05, 4.69) is 24.1 Å². The zero-order valence-corrected chi connectivity index (χ0v) is 17.0. The topological polar surface area (TPSA) is 44.8 Å². The summed E-state index contributed by atoms with van der Waals surface area (Å²) >= 11 is 0. The molecule has 3 rings (SSSR count). The van der Waals surface area contributed by atoms with Crippen LogP contribution in [0.3, 0.4) is 0 Å². The van der Waals surface area contributed by atoms with Gasteiger partial charge in [-0.15, -0.1) is 0 Å². The zero-order chi connectivity index (χ0) is 21.0. The number of amides is 1. The Morgan fingerprint density at radius 3 is 2.34 bits per heavy atom. The third-order valence-corrected chi connectivity index (χ3v) is 4.92. The molecule has 156 valence electrons. The third kappa shape index (κ3) is 5.44. The second-order valence-electron chi connectivity index (χ2n) is 7.37. The van der Waals surface area contributed by atoms with E-state index in [1.54, 1.807) is 4.90 Å². The van der Waals surface area contributed by atoms with E-state index in [-0.39, 0.29) is 24.7 Å². The van der Waals surface area contributed by atoms with Gasteiger partial charge in [-0.05, 0) is 57.2 Å². The second kappa shape index (κ2) is 9.22. The van der Waals surface area contributed by atoms with E-state index in [4.69, 9.17) is 4.74 Å². The SMILES string of the molecule is CCN(CC(=O)Nc1ccc(N2CC(C)OC(C)C2)cc1)c1ccc(F)c(F)c1. The van der Waals surface area contributed by atoms with Crippen LogP contribution in [0.1, 0.15) is 20.8 Å². The quantitative estimate of drug-likeness (QED) is 0.791. The van der Waals surface area contributed by atoms with Crippen molar-refractivity contribution in [2.24, 2.45) is 0 Å². The van der Waals surface area contributed by atoms with Crippen molar-refractivity contribution in [2.45, 2.75) is 33.0 Å². The van der Waals surface area contributed by atoms with Gasteiger partial charge in [0.1, 0.15) is 0 Å². The van der Waals surface area contributed by atoms with Crippen molar-refractivity contribution < 1.29 is 18.3 Å². The van der Waals surface area contributed by atoms with Crippen molar-refractivity contribution in [1.82, 2.24) is 0 Å². The molecule has 0 aliphatic carbocycles. The summed E-state index contributed by atoms with van der Waals surface area (Å²) in [6.07, 6.45) is 0.351. The molecule has 0 spiro atoms. The Balaban J connectivity index is 1.60. The van der Waals surface area contributed by atoms with E-state index in [0.29, 0.717) is 17.9 Å². The summed E-state index contributed by atoms with van der Waals surface area (Å²) in [5, 5.41) is 2.86. The summed E-state index contributed by atoms with van der Waals surface area (Å²) in [6.45, 7) is 8.17. The normalized spacial score (nSPS) is 19.1. The highest BCUT2D eigenvalue weighted by atomic mass is 19.2. The molecule has 0 saturated carbocycles. The number of benzene rings is 2. The van der Waals surface area contributed by atoms with Crippen LogP contribution in [-0.2, 0) is 9.53 Å². The number of halogens is 2. The van der Waals surface area contributed by atoms with Gasteiger partial charge in [0.25, 0.3) is 0 Å². The van der Waals surface area contributed by atoms with Crippen molar-refractivity contribution >= 4 is 23.0 Å². The number of anilines is 3. The lowest BCUT2D eigenvalue weighted by Crippen LogP contribution is -2.45. The van der Waals surface area contributed by atoms with Crippen LogP contribution in [-0.4, -0.2) is 44.3 Å². The molecular weight excluding hydrogens is 376 g/mol. The molecule has 2 atom stereocenters. The Kier molecular flexibility index (Phi) is 6.69. The van der Waals surface area contributed by atoms with E-state index < -0.39 is 11.6 Å². The molecule has 1 N–H and O–H groups in total. The van der Waals surface area contributed by atoms with Gasteiger partial charge in [0.05, 0.1) is 18.8 Å². The fraction of sp³-hybridized carbons (Fsp3) is 0.409. The number of likely N-dealkylation sites (N-methyl/N-ethyl adjacent to an activating group) is 1. The number of nitrogens with one attached hydrogen (secondary N) is 1. The van der Waals surface area contributed by atoms with Crippen molar-refractivity contribution in [3.63, 3.8) is 0 Å². The average molecular weight is 403 g/mol. The van der Waals surface area contributed by atoms with Gasteiger partial charge in [-0.2, -0.15) is 0 Å². The molecule has 1 aliphatic heterocycles. The molecule has 2 unspecified atom stereocenters. The van der Waals surface area contributed by atoms with Crippen LogP contribution in [0.25, 0.3) is 0 Å². The molecule has 2 aromatic rings. The minimum Gasteiger partial charge on any atom is -0.372 e. The predicted octanol–water partition coefficient (Wildman–Crippen LogP) is 4.04. The first kappa shape index (κ1) is 21.0. The Labute approximate surface area is 170 Å². The molecule has 5 nitrogen and oxygen atoms in total. The second-order valence-corrected chi connectivity index (χ2v) is 7.37. The summed E-state index contributed by atoms with van der Waals surface area (Å²) < 4.78 is 32.4.